The summed E-state index contributed by atoms with van der Waals surface area (Å²) in [6.45, 7) is 0. The van der Waals surface area contributed by atoms with Crippen molar-refractivity contribution in [1.29, 1.82) is 0 Å². The van der Waals surface area contributed by atoms with Crippen molar-refractivity contribution in [1.82, 2.24) is 9.97 Å². The van der Waals surface area contributed by atoms with E-state index in [-0.39, 0.29) is 0 Å². The zero-order chi connectivity index (χ0) is 14.5. The van der Waals surface area contributed by atoms with E-state index in [4.69, 9.17) is 0 Å². The van der Waals surface area contributed by atoms with Crippen molar-refractivity contribution in [2.45, 2.75) is 38.1 Å². The molecule has 0 aliphatic heterocycles. The number of nitrogens with one attached hydrogen (secondary N) is 2. The van der Waals surface area contributed by atoms with Crippen molar-refractivity contribution >= 4 is 11.6 Å². The Morgan fingerprint density at radius 1 is 1.05 bits per heavy atom. The lowest BCUT2D eigenvalue weighted by atomic mass is 9.95. The number of anilines is 2. The first-order valence-electron chi connectivity index (χ1n) is 7.73. The summed E-state index contributed by atoms with van der Waals surface area (Å²) in [4.78, 5) is 9.03. The van der Waals surface area contributed by atoms with Crippen molar-refractivity contribution in [3.8, 4) is 11.3 Å². The van der Waals surface area contributed by atoms with Crippen molar-refractivity contribution in [3.05, 3.63) is 36.5 Å². The van der Waals surface area contributed by atoms with Crippen LogP contribution in [-0.2, 0) is 0 Å². The highest BCUT2D eigenvalue weighted by atomic mass is 15.0. The van der Waals surface area contributed by atoms with Crippen LogP contribution in [0, 0.1) is 0 Å². The lowest BCUT2D eigenvalue weighted by molar-refractivity contribution is 0.462. The molecule has 0 radical (unpaired) electrons. The number of hydrogen-bond acceptors (Lipinski definition) is 4. The van der Waals surface area contributed by atoms with Gasteiger partial charge in [0, 0.05) is 24.8 Å². The molecule has 1 aliphatic carbocycles. The van der Waals surface area contributed by atoms with E-state index < -0.39 is 0 Å². The average molecular weight is 282 g/mol. The largest absolute Gasteiger partial charge is 0.373 e. The maximum Gasteiger partial charge on any atom is 0.126 e. The van der Waals surface area contributed by atoms with E-state index in [0.29, 0.717) is 6.04 Å². The van der Waals surface area contributed by atoms with Gasteiger partial charge >= 0.3 is 0 Å². The summed E-state index contributed by atoms with van der Waals surface area (Å²) in [5.41, 5.74) is 2.07. The fourth-order valence-electron chi connectivity index (χ4n) is 2.86. The molecule has 2 aromatic rings. The Morgan fingerprint density at radius 3 is 2.71 bits per heavy atom. The van der Waals surface area contributed by atoms with E-state index in [1.165, 1.54) is 32.1 Å². The zero-order valence-electron chi connectivity index (χ0n) is 12.5. The Balaban J connectivity index is 1.78. The highest BCUT2D eigenvalue weighted by Crippen LogP contribution is 2.24. The van der Waals surface area contributed by atoms with E-state index in [1.54, 1.807) is 0 Å². The minimum atomic E-state index is 0.568. The Bertz CT molecular complexity index is 591. The minimum absolute atomic E-state index is 0.568. The molecule has 2 aromatic heterocycles. The summed E-state index contributed by atoms with van der Waals surface area (Å²) in [5.74, 6) is 1.84. The predicted octanol–water partition coefficient (Wildman–Crippen LogP) is 3.93. The molecule has 0 unspecified atom stereocenters. The molecule has 0 spiro atoms. The lowest BCUT2D eigenvalue weighted by Gasteiger charge is -2.23. The maximum atomic E-state index is 4.58. The summed E-state index contributed by atoms with van der Waals surface area (Å²) < 4.78 is 0. The Hall–Kier alpha value is -2.10. The first kappa shape index (κ1) is 13.9. The molecule has 110 valence electrons. The zero-order valence-corrected chi connectivity index (χ0v) is 12.5. The monoisotopic (exact) mass is 282 g/mol. The van der Waals surface area contributed by atoms with Gasteiger partial charge in [0.1, 0.15) is 11.6 Å². The molecule has 2 N–H and O–H groups in total. The van der Waals surface area contributed by atoms with Crippen molar-refractivity contribution in [2.24, 2.45) is 0 Å². The molecule has 1 fully saturated rings. The maximum absolute atomic E-state index is 4.58. The summed E-state index contributed by atoms with van der Waals surface area (Å²) in [5, 5.41) is 6.64. The standard InChI is InChI=1S/C17H22N4/c1-18-16-9-5-8-15(21-16)13-10-11-19-17(12-13)20-14-6-3-2-4-7-14/h5,8-12,14H,2-4,6-7H2,1H3,(H,18,21)(H,19,20). The first-order chi connectivity index (χ1) is 10.3. The summed E-state index contributed by atoms with van der Waals surface area (Å²) in [6, 6.07) is 10.7. The SMILES string of the molecule is CNc1cccc(-c2ccnc(NC3CCCCC3)c2)n1. The molecule has 1 aliphatic rings. The fourth-order valence-corrected chi connectivity index (χ4v) is 2.86. The molecule has 2 heterocycles. The van der Waals surface area contributed by atoms with Crippen LogP contribution >= 0.6 is 0 Å². The quantitative estimate of drug-likeness (QED) is 0.892. The van der Waals surface area contributed by atoms with E-state index in [1.807, 2.05) is 37.5 Å². The highest BCUT2D eigenvalue weighted by Gasteiger charge is 2.13. The molecule has 0 amide bonds. The Labute approximate surface area is 126 Å². The van der Waals surface area contributed by atoms with E-state index in [9.17, 15) is 0 Å². The third-order valence-corrected chi connectivity index (χ3v) is 4.02. The predicted molar refractivity (Wildman–Crippen MR) is 87.5 cm³/mol. The molecule has 3 rings (SSSR count). The topological polar surface area (TPSA) is 49.8 Å². The molecule has 4 nitrogen and oxygen atoms in total. The second-order valence-electron chi connectivity index (χ2n) is 5.57. The van der Waals surface area contributed by atoms with Crippen LogP contribution in [0.4, 0.5) is 11.6 Å². The third-order valence-electron chi connectivity index (χ3n) is 4.02. The van der Waals surface area contributed by atoms with Crippen LogP contribution in [0.3, 0.4) is 0 Å². The summed E-state index contributed by atoms with van der Waals surface area (Å²) in [7, 11) is 1.88. The molecular weight excluding hydrogens is 260 g/mol. The van der Waals surface area contributed by atoms with Gasteiger partial charge in [0.25, 0.3) is 0 Å². The van der Waals surface area contributed by atoms with Gasteiger partial charge in [0.15, 0.2) is 0 Å². The van der Waals surface area contributed by atoms with Crippen LogP contribution < -0.4 is 10.6 Å². The molecule has 21 heavy (non-hydrogen) atoms. The molecule has 0 atom stereocenters. The van der Waals surface area contributed by atoms with Crippen LogP contribution in [0.15, 0.2) is 36.5 Å². The molecule has 0 bridgehead atoms. The minimum Gasteiger partial charge on any atom is -0.373 e. The van der Waals surface area contributed by atoms with Gasteiger partial charge in [-0.2, -0.15) is 0 Å². The van der Waals surface area contributed by atoms with Crippen molar-refractivity contribution in [2.75, 3.05) is 17.7 Å². The number of aromatic nitrogens is 2. The molecule has 0 aromatic carbocycles. The van der Waals surface area contributed by atoms with Gasteiger partial charge in [-0.05, 0) is 37.1 Å². The van der Waals surface area contributed by atoms with Gasteiger partial charge in [0.05, 0.1) is 5.69 Å². The molecule has 4 heteroatoms. The van der Waals surface area contributed by atoms with Crippen LogP contribution in [0.1, 0.15) is 32.1 Å². The lowest BCUT2D eigenvalue weighted by Crippen LogP contribution is -2.22. The van der Waals surface area contributed by atoms with E-state index in [2.05, 4.69) is 26.7 Å². The number of nitrogens with zero attached hydrogens (tertiary/aromatic N) is 2. The normalized spacial score (nSPS) is 15.7. The summed E-state index contributed by atoms with van der Waals surface area (Å²) in [6.07, 6.45) is 8.37. The Kier molecular flexibility index (Phi) is 4.34. The van der Waals surface area contributed by atoms with Gasteiger partial charge in [0.2, 0.25) is 0 Å². The molecule has 0 saturated heterocycles. The summed E-state index contributed by atoms with van der Waals surface area (Å²) >= 11 is 0. The first-order valence-corrected chi connectivity index (χ1v) is 7.73. The highest BCUT2D eigenvalue weighted by molar-refractivity contribution is 5.64. The van der Waals surface area contributed by atoms with Gasteiger partial charge in [-0.1, -0.05) is 25.3 Å². The van der Waals surface area contributed by atoms with Gasteiger partial charge in [-0.15, -0.1) is 0 Å². The smallest absolute Gasteiger partial charge is 0.126 e. The van der Waals surface area contributed by atoms with Crippen LogP contribution in [0.5, 0.6) is 0 Å². The average Bonchev–Trinajstić information content (AvgIpc) is 2.56. The molecule has 1 saturated carbocycles. The van der Waals surface area contributed by atoms with Gasteiger partial charge < -0.3 is 10.6 Å². The van der Waals surface area contributed by atoms with Crippen molar-refractivity contribution < 1.29 is 0 Å². The van der Waals surface area contributed by atoms with Gasteiger partial charge in [-0.25, -0.2) is 9.97 Å². The second-order valence-corrected chi connectivity index (χ2v) is 5.57. The van der Waals surface area contributed by atoms with Crippen LogP contribution in [-0.4, -0.2) is 23.1 Å². The third kappa shape index (κ3) is 3.51. The fraction of sp³-hybridized carbons (Fsp3) is 0.412. The van der Waals surface area contributed by atoms with Crippen LogP contribution in [0.25, 0.3) is 11.3 Å². The van der Waals surface area contributed by atoms with Gasteiger partial charge in [-0.3, -0.25) is 0 Å². The molecular formula is C17H22N4. The van der Waals surface area contributed by atoms with E-state index >= 15 is 0 Å². The van der Waals surface area contributed by atoms with Crippen molar-refractivity contribution in [3.63, 3.8) is 0 Å². The van der Waals surface area contributed by atoms with Crippen LogP contribution in [0.2, 0.25) is 0 Å². The number of rotatable bonds is 4. The Morgan fingerprint density at radius 2 is 1.90 bits per heavy atom. The number of pyridine rings is 2. The second kappa shape index (κ2) is 6.57. The number of hydrogen-bond donors (Lipinski definition) is 2. The van der Waals surface area contributed by atoms with E-state index in [0.717, 1.165) is 22.9 Å².